The van der Waals surface area contributed by atoms with E-state index in [0.717, 1.165) is 32.1 Å². The van der Waals surface area contributed by atoms with E-state index in [1.165, 1.54) is 19.4 Å². The Morgan fingerprint density at radius 3 is 2.47 bits per heavy atom. The van der Waals surface area contributed by atoms with Gasteiger partial charge in [0, 0.05) is 39.3 Å². The minimum atomic E-state index is -0.603. The number of esters is 1. The smallest absolute Gasteiger partial charge is 0.308 e. The molecule has 2 aliphatic rings. The molecule has 0 aromatic rings. The van der Waals surface area contributed by atoms with Gasteiger partial charge in [-0.1, -0.05) is 0 Å². The highest BCUT2D eigenvalue weighted by Gasteiger charge is 2.27. The van der Waals surface area contributed by atoms with E-state index < -0.39 is 6.10 Å². The van der Waals surface area contributed by atoms with Crippen molar-refractivity contribution < 1.29 is 14.6 Å². The molecule has 110 valence electrons. The average molecular weight is 270 g/mol. The Morgan fingerprint density at radius 2 is 1.89 bits per heavy atom. The molecule has 1 heterocycles. The molecule has 1 aliphatic carbocycles. The number of carbonyl (C=O) groups is 1. The van der Waals surface area contributed by atoms with Gasteiger partial charge in [0.2, 0.25) is 0 Å². The molecular weight excluding hydrogens is 244 g/mol. The van der Waals surface area contributed by atoms with Gasteiger partial charge in [0.25, 0.3) is 0 Å². The van der Waals surface area contributed by atoms with E-state index in [1.807, 2.05) is 0 Å². The molecule has 2 fully saturated rings. The normalized spacial score (nSPS) is 23.3. The third-order valence-electron chi connectivity index (χ3n) is 3.85. The SMILES string of the molecule is CCOC(=O)CC(O)CN1CCN(CC2CC2)CC1. The lowest BCUT2D eigenvalue weighted by Crippen LogP contribution is -2.49. The summed E-state index contributed by atoms with van der Waals surface area (Å²) in [4.78, 5) is 16.0. The number of hydrogen-bond donors (Lipinski definition) is 1. The molecule has 5 heteroatoms. The highest BCUT2D eigenvalue weighted by Crippen LogP contribution is 2.29. The van der Waals surface area contributed by atoms with E-state index >= 15 is 0 Å². The van der Waals surface area contributed by atoms with Crippen LogP contribution in [0.1, 0.15) is 26.2 Å². The minimum absolute atomic E-state index is 0.107. The maximum Gasteiger partial charge on any atom is 0.308 e. The zero-order valence-corrected chi connectivity index (χ0v) is 11.9. The van der Waals surface area contributed by atoms with E-state index in [-0.39, 0.29) is 12.4 Å². The van der Waals surface area contributed by atoms with Crippen LogP contribution >= 0.6 is 0 Å². The Bertz CT molecular complexity index is 286. The van der Waals surface area contributed by atoms with Crippen LogP contribution in [0.4, 0.5) is 0 Å². The Balaban J connectivity index is 1.59. The van der Waals surface area contributed by atoms with Crippen molar-refractivity contribution in [3.8, 4) is 0 Å². The molecular formula is C14H26N2O3. The van der Waals surface area contributed by atoms with E-state index in [9.17, 15) is 9.90 Å². The van der Waals surface area contributed by atoms with Crippen LogP contribution in [0, 0.1) is 5.92 Å². The van der Waals surface area contributed by atoms with Crippen molar-refractivity contribution >= 4 is 5.97 Å². The second-order valence-corrected chi connectivity index (χ2v) is 5.71. The second kappa shape index (κ2) is 7.22. The van der Waals surface area contributed by atoms with Crippen LogP contribution in [0.25, 0.3) is 0 Å². The maximum atomic E-state index is 11.3. The summed E-state index contributed by atoms with van der Waals surface area (Å²) < 4.78 is 4.84. The average Bonchev–Trinajstić information content (AvgIpc) is 3.15. The molecule has 1 atom stereocenters. The Morgan fingerprint density at radius 1 is 1.26 bits per heavy atom. The number of piperazine rings is 1. The predicted molar refractivity (Wildman–Crippen MR) is 72.9 cm³/mol. The number of hydrogen-bond acceptors (Lipinski definition) is 5. The first-order valence-electron chi connectivity index (χ1n) is 7.45. The van der Waals surface area contributed by atoms with Crippen molar-refractivity contribution in [3.05, 3.63) is 0 Å². The van der Waals surface area contributed by atoms with Crippen LogP contribution in [-0.4, -0.2) is 72.9 Å². The van der Waals surface area contributed by atoms with Crippen molar-refractivity contribution in [2.24, 2.45) is 5.92 Å². The zero-order valence-electron chi connectivity index (χ0n) is 11.9. The van der Waals surface area contributed by atoms with Gasteiger partial charge in [-0.2, -0.15) is 0 Å². The fraction of sp³-hybridized carbons (Fsp3) is 0.929. The monoisotopic (exact) mass is 270 g/mol. The molecule has 0 amide bonds. The standard InChI is InChI=1S/C14H26N2O3/c1-2-19-14(18)9-13(17)11-16-7-5-15(6-8-16)10-12-3-4-12/h12-13,17H,2-11H2,1H3. The van der Waals surface area contributed by atoms with Crippen LogP contribution in [0.3, 0.4) is 0 Å². The third kappa shape index (κ3) is 5.47. The van der Waals surface area contributed by atoms with E-state index in [4.69, 9.17) is 4.74 Å². The quantitative estimate of drug-likeness (QED) is 0.676. The molecule has 0 aromatic carbocycles. The number of rotatable bonds is 7. The molecule has 1 aliphatic heterocycles. The first kappa shape index (κ1) is 14.8. The van der Waals surface area contributed by atoms with Gasteiger partial charge in [0.15, 0.2) is 0 Å². The summed E-state index contributed by atoms with van der Waals surface area (Å²) in [6.45, 7) is 8.15. The summed E-state index contributed by atoms with van der Waals surface area (Å²) >= 11 is 0. The molecule has 1 saturated heterocycles. The zero-order chi connectivity index (χ0) is 13.7. The topological polar surface area (TPSA) is 53.0 Å². The molecule has 1 unspecified atom stereocenters. The Labute approximate surface area is 115 Å². The molecule has 1 saturated carbocycles. The number of nitrogens with zero attached hydrogens (tertiary/aromatic N) is 2. The molecule has 5 nitrogen and oxygen atoms in total. The number of aliphatic hydroxyl groups is 1. The van der Waals surface area contributed by atoms with Gasteiger partial charge in [-0.15, -0.1) is 0 Å². The molecule has 2 rings (SSSR count). The van der Waals surface area contributed by atoms with Gasteiger partial charge in [-0.05, 0) is 25.7 Å². The minimum Gasteiger partial charge on any atom is -0.466 e. The first-order valence-corrected chi connectivity index (χ1v) is 7.45. The summed E-state index contributed by atoms with van der Waals surface area (Å²) in [5.41, 5.74) is 0. The fourth-order valence-electron chi connectivity index (χ4n) is 2.59. The third-order valence-corrected chi connectivity index (χ3v) is 3.85. The van der Waals surface area contributed by atoms with Gasteiger partial charge < -0.3 is 14.7 Å². The summed E-state index contributed by atoms with van der Waals surface area (Å²) in [6.07, 6.45) is 2.31. The highest BCUT2D eigenvalue weighted by atomic mass is 16.5. The number of β-amino-alcohol motifs (C(OH)–C–C–N with tert-alkyl or cyclic N) is 1. The summed E-state index contributed by atoms with van der Waals surface area (Å²) in [6, 6.07) is 0. The fourth-order valence-corrected chi connectivity index (χ4v) is 2.59. The molecule has 19 heavy (non-hydrogen) atoms. The largest absolute Gasteiger partial charge is 0.466 e. The molecule has 0 radical (unpaired) electrons. The Kier molecular flexibility index (Phi) is 5.60. The molecule has 1 N–H and O–H groups in total. The van der Waals surface area contributed by atoms with E-state index in [1.54, 1.807) is 6.92 Å². The van der Waals surface area contributed by atoms with E-state index in [0.29, 0.717) is 13.2 Å². The summed E-state index contributed by atoms with van der Waals surface area (Å²) in [5, 5.41) is 9.86. The van der Waals surface area contributed by atoms with Gasteiger partial charge in [0.1, 0.15) is 0 Å². The van der Waals surface area contributed by atoms with Crippen LogP contribution in [-0.2, 0) is 9.53 Å². The summed E-state index contributed by atoms with van der Waals surface area (Å²) in [5.74, 6) is 0.642. The van der Waals surface area contributed by atoms with Gasteiger partial charge in [-0.25, -0.2) is 0 Å². The van der Waals surface area contributed by atoms with Crippen LogP contribution in [0.15, 0.2) is 0 Å². The van der Waals surface area contributed by atoms with Crippen molar-refractivity contribution in [2.75, 3.05) is 45.9 Å². The summed E-state index contributed by atoms with van der Waals surface area (Å²) in [7, 11) is 0. The van der Waals surface area contributed by atoms with Crippen molar-refractivity contribution in [1.29, 1.82) is 0 Å². The van der Waals surface area contributed by atoms with Gasteiger partial charge in [-0.3, -0.25) is 9.69 Å². The van der Waals surface area contributed by atoms with Crippen LogP contribution < -0.4 is 0 Å². The second-order valence-electron chi connectivity index (χ2n) is 5.71. The molecule has 0 spiro atoms. The number of ether oxygens (including phenoxy) is 1. The maximum absolute atomic E-state index is 11.3. The Hall–Kier alpha value is -0.650. The molecule has 0 aromatic heterocycles. The van der Waals surface area contributed by atoms with Crippen molar-refractivity contribution in [1.82, 2.24) is 9.80 Å². The first-order chi connectivity index (χ1) is 9.17. The highest BCUT2D eigenvalue weighted by molar-refractivity contribution is 5.69. The van der Waals surface area contributed by atoms with Crippen molar-refractivity contribution in [2.45, 2.75) is 32.3 Å². The molecule has 0 bridgehead atoms. The van der Waals surface area contributed by atoms with Crippen molar-refractivity contribution in [3.63, 3.8) is 0 Å². The van der Waals surface area contributed by atoms with E-state index in [2.05, 4.69) is 9.80 Å². The predicted octanol–water partition coefficient (Wildman–Crippen LogP) is 0.328. The van der Waals surface area contributed by atoms with Gasteiger partial charge >= 0.3 is 5.97 Å². The lowest BCUT2D eigenvalue weighted by molar-refractivity contribution is -0.145. The number of carbonyl (C=O) groups excluding carboxylic acids is 1. The van der Waals surface area contributed by atoms with Crippen LogP contribution in [0.5, 0.6) is 0 Å². The lowest BCUT2D eigenvalue weighted by atomic mass is 10.2. The van der Waals surface area contributed by atoms with Gasteiger partial charge in [0.05, 0.1) is 19.1 Å². The lowest BCUT2D eigenvalue weighted by Gasteiger charge is -2.35. The number of aliphatic hydroxyl groups excluding tert-OH is 1. The van der Waals surface area contributed by atoms with Crippen LogP contribution in [0.2, 0.25) is 0 Å².